The number of nitrogens with zero attached hydrogens (tertiary/aromatic N) is 2. The lowest BCUT2D eigenvalue weighted by molar-refractivity contribution is 1.01. The van der Waals surface area contributed by atoms with E-state index in [1.165, 1.54) is 10.9 Å². The van der Waals surface area contributed by atoms with Gasteiger partial charge in [-0.25, -0.2) is 4.98 Å². The van der Waals surface area contributed by atoms with E-state index in [0.717, 1.165) is 23.1 Å². The van der Waals surface area contributed by atoms with Crippen molar-refractivity contribution in [3.05, 3.63) is 84.2 Å². The van der Waals surface area contributed by atoms with E-state index in [9.17, 15) is 5.26 Å². The van der Waals surface area contributed by atoms with Crippen LogP contribution in [0.15, 0.2) is 73.1 Å². The largest absolute Gasteiger partial charge is 0.369 e. The molecule has 0 amide bonds. The molecule has 0 spiro atoms. The van der Waals surface area contributed by atoms with E-state index in [4.69, 9.17) is 0 Å². The third-order valence-corrected chi connectivity index (χ3v) is 4.48. The van der Waals surface area contributed by atoms with Crippen molar-refractivity contribution in [2.24, 2.45) is 0 Å². The quantitative estimate of drug-likeness (QED) is 0.551. The van der Waals surface area contributed by atoms with Gasteiger partial charge in [0.05, 0.1) is 5.56 Å². The molecule has 2 N–H and O–H groups in total. The number of nitriles is 1. The third-order valence-electron chi connectivity index (χ3n) is 4.48. The molecule has 0 atom stereocenters. The van der Waals surface area contributed by atoms with Crippen LogP contribution >= 0.6 is 0 Å². The molecule has 0 fully saturated rings. The predicted octanol–water partition coefficient (Wildman–Crippen LogP) is 4.76. The minimum absolute atomic E-state index is 0.560. The van der Waals surface area contributed by atoms with E-state index >= 15 is 0 Å². The average Bonchev–Trinajstić information content (AvgIpc) is 3.12. The van der Waals surface area contributed by atoms with Gasteiger partial charge in [0.15, 0.2) is 0 Å². The van der Waals surface area contributed by atoms with Crippen LogP contribution in [-0.2, 0) is 6.42 Å². The van der Waals surface area contributed by atoms with Crippen molar-refractivity contribution in [2.75, 3.05) is 11.9 Å². The van der Waals surface area contributed by atoms with E-state index in [1.807, 2.05) is 60.9 Å². The smallest absolute Gasteiger partial charge is 0.143 e. The zero-order valence-electron chi connectivity index (χ0n) is 14.2. The number of rotatable bonds is 5. The Morgan fingerprint density at radius 2 is 1.81 bits per heavy atom. The number of pyridine rings is 1. The molecule has 0 saturated carbocycles. The van der Waals surface area contributed by atoms with Gasteiger partial charge in [0.25, 0.3) is 0 Å². The Morgan fingerprint density at radius 1 is 1.00 bits per heavy atom. The SMILES string of the molecule is N#Cc1cc(-c2ccccc2)cnc1NCCc1c[nH]c2ccccc12. The van der Waals surface area contributed by atoms with Gasteiger partial charge in [0.1, 0.15) is 11.9 Å². The van der Waals surface area contributed by atoms with Crippen molar-refractivity contribution < 1.29 is 0 Å². The first-order valence-electron chi connectivity index (χ1n) is 8.59. The summed E-state index contributed by atoms with van der Waals surface area (Å²) in [6.07, 6.45) is 4.71. The highest BCUT2D eigenvalue weighted by molar-refractivity contribution is 5.83. The Kier molecular flexibility index (Phi) is 4.36. The number of fused-ring (bicyclic) bond motifs is 1. The number of nitrogens with one attached hydrogen (secondary N) is 2. The van der Waals surface area contributed by atoms with Gasteiger partial charge in [-0.3, -0.25) is 0 Å². The van der Waals surface area contributed by atoms with Gasteiger partial charge in [0.2, 0.25) is 0 Å². The van der Waals surface area contributed by atoms with E-state index in [1.54, 1.807) is 0 Å². The molecule has 26 heavy (non-hydrogen) atoms. The molecule has 4 heteroatoms. The molecule has 4 rings (SSSR count). The fourth-order valence-corrected chi connectivity index (χ4v) is 3.13. The van der Waals surface area contributed by atoms with Crippen molar-refractivity contribution in [1.82, 2.24) is 9.97 Å². The van der Waals surface area contributed by atoms with Crippen molar-refractivity contribution in [2.45, 2.75) is 6.42 Å². The lowest BCUT2D eigenvalue weighted by Gasteiger charge is -2.09. The van der Waals surface area contributed by atoms with Crippen LogP contribution in [0.4, 0.5) is 5.82 Å². The highest BCUT2D eigenvalue weighted by Gasteiger charge is 2.08. The summed E-state index contributed by atoms with van der Waals surface area (Å²) in [6, 6.07) is 22.4. The van der Waals surface area contributed by atoms with Crippen LogP contribution < -0.4 is 5.32 Å². The predicted molar refractivity (Wildman–Crippen MR) is 105 cm³/mol. The molecule has 0 radical (unpaired) electrons. The molecule has 0 aliphatic carbocycles. The van der Waals surface area contributed by atoms with Crippen LogP contribution in [0, 0.1) is 11.3 Å². The molecule has 2 aromatic carbocycles. The second-order valence-electron chi connectivity index (χ2n) is 6.13. The van der Waals surface area contributed by atoms with Gasteiger partial charge < -0.3 is 10.3 Å². The van der Waals surface area contributed by atoms with Crippen LogP contribution in [0.25, 0.3) is 22.0 Å². The fourth-order valence-electron chi connectivity index (χ4n) is 3.13. The van der Waals surface area contributed by atoms with Crippen molar-refractivity contribution in [3.8, 4) is 17.2 Å². The molecule has 2 heterocycles. The average molecular weight is 338 g/mol. The number of benzene rings is 2. The first-order valence-corrected chi connectivity index (χ1v) is 8.59. The first-order chi connectivity index (χ1) is 12.8. The fraction of sp³-hybridized carbons (Fsp3) is 0.0909. The summed E-state index contributed by atoms with van der Waals surface area (Å²) < 4.78 is 0. The highest BCUT2D eigenvalue weighted by Crippen LogP contribution is 2.23. The maximum absolute atomic E-state index is 9.48. The molecule has 2 aromatic heterocycles. The van der Waals surface area contributed by atoms with Gasteiger partial charge in [-0.2, -0.15) is 5.26 Å². The summed E-state index contributed by atoms with van der Waals surface area (Å²) in [5.41, 5.74) is 4.97. The maximum Gasteiger partial charge on any atom is 0.143 e. The number of aromatic amines is 1. The maximum atomic E-state index is 9.48. The summed E-state index contributed by atoms with van der Waals surface area (Å²) in [4.78, 5) is 7.75. The van der Waals surface area contributed by atoms with E-state index < -0.39 is 0 Å². The monoisotopic (exact) mass is 338 g/mol. The number of hydrogen-bond donors (Lipinski definition) is 2. The molecular weight excluding hydrogens is 320 g/mol. The van der Waals surface area contributed by atoms with Gasteiger partial charge >= 0.3 is 0 Å². The molecule has 0 saturated heterocycles. The molecule has 0 aliphatic heterocycles. The molecule has 4 aromatic rings. The zero-order valence-corrected chi connectivity index (χ0v) is 14.2. The topological polar surface area (TPSA) is 64.5 Å². The Hall–Kier alpha value is -3.58. The van der Waals surface area contributed by atoms with E-state index in [0.29, 0.717) is 17.9 Å². The molecule has 0 unspecified atom stereocenters. The highest BCUT2D eigenvalue weighted by atomic mass is 15.0. The van der Waals surface area contributed by atoms with Crippen LogP contribution in [0.2, 0.25) is 0 Å². The normalized spacial score (nSPS) is 10.6. The summed E-state index contributed by atoms with van der Waals surface area (Å²) >= 11 is 0. The minimum Gasteiger partial charge on any atom is -0.369 e. The summed E-state index contributed by atoms with van der Waals surface area (Å²) in [6.45, 7) is 0.716. The number of para-hydroxylation sites is 1. The second-order valence-corrected chi connectivity index (χ2v) is 6.13. The third kappa shape index (κ3) is 3.15. The van der Waals surface area contributed by atoms with Crippen LogP contribution in [-0.4, -0.2) is 16.5 Å². The van der Waals surface area contributed by atoms with Crippen molar-refractivity contribution >= 4 is 16.7 Å². The van der Waals surface area contributed by atoms with Gasteiger partial charge in [-0.1, -0.05) is 48.5 Å². The van der Waals surface area contributed by atoms with Crippen molar-refractivity contribution in [3.63, 3.8) is 0 Å². The molecular formula is C22H18N4. The zero-order chi connectivity index (χ0) is 17.8. The first kappa shape index (κ1) is 15.9. The number of anilines is 1. The van der Waals surface area contributed by atoms with Gasteiger partial charge in [-0.05, 0) is 29.7 Å². The molecule has 4 nitrogen and oxygen atoms in total. The van der Waals surface area contributed by atoms with Gasteiger partial charge in [-0.15, -0.1) is 0 Å². The molecule has 0 bridgehead atoms. The number of hydrogen-bond acceptors (Lipinski definition) is 3. The lowest BCUT2D eigenvalue weighted by Crippen LogP contribution is -2.07. The Morgan fingerprint density at radius 3 is 2.65 bits per heavy atom. The van der Waals surface area contributed by atoms with Crippen LogP contribution in [0.3, 0.4) is 0 Å². The van der Waals surface area contributed by atoms with E-state index in [2.05, 4.69) is 33.5 Å². The Labute approximate surface area is 152 Å². The molecule has 0 aliphatic rings. The summed E-state index contributed by atoms with van der Waals surface area (Å²) in [5.74, 6) is 0.632. The standard InChI is InChI=1S/C22H18N4/c23-13-18-12-19(16-6-2-1-3-7-16)15-26-22(18)24-11-10-17-14-25-21-9-5-4-8-20(17)21/h1-9,12,14-15,25H,10-11H2,(H,24,26). The summed E-state index contributed by atoms with van der Waals surface area (Å²) in [5, 5.41) is 14.0. The molecule has 126 valence electrons. The van der Waals surface area contributed by atoms with Gasteiger partial charge in [0, 0.05) is 35.4 Å². The Balaban J connectivity index is 1.49. The second kappa shape index (κ2) is 7.12. The minimum atomic E-state index is 0.560. The lowest BCUT2D eigenvalue weighted by atomic mass is 10.1. The Bertz CT molecular complexity index is 1070. The van der Waals surface area contributed by atoms with Crippen LogP contribution in [0.1, 0.15) is 11.1 Å². The summed E-state index contributed by atoms with van der Waals surface area (Å²) in [7, 11) is 0. The number of H-pyrrole nitrogens is 1. The van der Waals surface area contributed by atoms with E-state index in [-0.39, 0.29) is 0 Å². The number of aromatic nitrogens is 2. The van der Waals surface area contributed by atoms with Crippen molar-refractivity contribution in [1.29, 1.82) is 5.26 Å². The van der Waals surface area contributed by atoms with Crippen LogP contribution in [0.5, 0.6) is 0 Å².